The molecule has 6 heteroatoms. The van der Waals surface area contributed by atoms with Crippen LogP contribution in [0.4, 0.5) is 0 Å². The highest BCUT2D eigenvalue weighted by atomic mass is 16.5. The fraction of sp³-hybridized carbons (Fsp3) is 0.278. The van der Waals surface area contributed by atoms with E-state index in [1.54, 1.807) is 13.8 Å². The second-order valence-corrected chi connectivity index (χ2v) is 5.19. The maximum atomic E-state index is 12.6. The first kappa shape index (κ1) is 16.0. The molecule has 0 radical (unpaired) electrons. The molecule has 0 atom stereocenters. The van der Waals surface area contributed by atoms with E-state index in [0.717, 1.165) is 5.56 Å². The topological polar surface area (TPSA) is 77.1 Å². The van der Waals surface area contributed by atoms with Crippen molar-refractivity contribution < 1.29 is 14.3 Å². The van der Waals surface area contributed by atoms with Gasteiger partial charge in [0.05, 0.1) is 18.9 Å². The van der Waals surface area contributed by atoms with Crippen LogP contribution in [0.2, 0.25) is 0 Å². The van der Waals surface area contributed by atoms with Crippen molar-refractivity contribution in [3.05, 3.63) is 41.7 Å². The summed E-state index contributed by atoms with van der Waals surface area (Å²) in [4.78, 5) is 24.6. The lowest BCUT2D eigenvalue weighted by Gasteiger charge is -2.05. The van der Waals surface area contributed by atoms with Crippen LogP contribution in [0.25, 0.3) is 22.3 Å². The van der Waals surface area contributed by atoms with E-state index in [2.05, 4.69) is 15.0 Å². The number of carbonyl (C=O) groups excluding carboxylic acids is 1. The number of fused-ring (bicyclic) bond motifs is 1. The van der Waals surface area contributed by atoms with Gasteiger partial charge in [-0.25, -0.2) is 9.78 Å². The fourth-order valence-electron chi connectivity index (χ4n) is 2.61. The van der Waals surface area contributed by atoms with Gasteiger partial charge in [-0.3, -0.25) is 0 Å². The van der Waals surface area contributed by atoms with Crippen molar-refractivity contribution in [3.63, 3.8) is 0 Å². The molecule has 24 heavy (non-hydrogen) atoms. The van der Waals surface area contributed by atoms with Crippen LogP contribution in [0, 0.1) is 6.92 Å². The highest BCUT2D eigenvalue weighted by molar-refractivity contribution is 6.09. The molecule has 2 heterocycles. The van der Waals surface area contributed by atoms with Crippen LogP contribution in [0.5, 0.6) is 5.88 Å². The zero-order valence-corrected chi connectivity index (χ0v) is 13.9. The largest absolute Gasteiger partial charge is 0.476 e. The standard InChI is InChI=1S/C18H19N3O3/c1-4-23-17-16-15(19-11(3)20-17)13(18(22)24-5-2)14(21-16)12-9-7-6-8-10-12/h6-10,21H,4-5H2,1-3H3. The zero-order chi connectivity index (χ0) is 17.1. The van der Waals surface area contributed by atoms with Crippen LogP contribution in [0.15, 0.2) is 30.3 Å². The summed E-state index contributed by atoms with van der Waals surface area (Å²) in [6.07, 6.45) is 0. The predicted octanol–water partition coefficient (Wildman–Crippen LogP) is 3.51. The van der Waals surface area contributed by atoms with Gasteiger partial charge in [0.1, 0.15) is 22.4 Å². The van der Waals surface area contributed by atoms with Crippen LogP contribution < -0.4 is 4.74 Å². The van der Waals surface area contributed by atoms with Crippen LogP contribution in [0.3, 0.4) is 0 Å². The average Bonchev–Trinajstić information content (AvgIpc) is 2.95. The lowest BCUT2D eigenvalue weighted by molar-refractivity contribution is 0.0529. The average molecular weight is 325 g/mol. The van der Waals surface area contributed by atoms with Gasteiger partial charge in [0.25, 0.3) is 0 Å². The Bertz CT molecular complexity index is 872. The smallest absolute Gasteiger partial charge is 0.342 e. The maximum absolute atomic E-state index is 12.6. The molecule has 0 aliphatic heterocycles. The molecule has 0 aliphatic rings. The van der Waals surface area contributed by atoms with Gasteiger partial charge in [0.2, 0.25) is 5.88 Å². The van der Waals surface area contributed by atoms with Crippen LogP contribution >= 0.6 is 0 Å². The monoisotopic (exact) mass is 325 g/mol. The van der Waals surface area contributed by atoms with Gasteiger partial charge < -0.3 is 14.5 Å². The summed E-state index contributed by atoms with van der Waals surface area (Å²) in [6, 6.07) is 9.60. The van der Waals surface area contributed by atoms with E-state index in [0.29, 0.717) is 47.2 Å². The van der Waals surface area contributed by atoms with Crippen molar-refractivity contribution in [2.75, 3.05) is 13.2 Å². The van der Waals surface area contributed by atoms with Crippen LogP contribution in [-0.2, 0) is 4.74 Å². The molecule has 6 nitrogen and oxygen atoms in total. The summed E-state index contributed by atoms with van der Waals surface area (Å²) in [5.41, 5.74) is 3.06. The maximum Gasteiger partial charge on any atom is 0.342 e. The lowest BCUT2D eigenvalue weighted by atomic mass is 10.1. The number of aromatic nitrogens is 3. The Kier molecular flexibility index (Phi) is 4.46. The molecule has 124 valence electrons. The van der Waals surface area contributed by atoms with Crippen LogP contribution in [0.1, 0.15) is 30.0 Å². The third kappa shape index (κ3) is 2.82. The number of nitrogens with one attached hydrogen (secondary N) is 1. The van der Waals surface area contributed by atoms with Crippen LogP contribution in [-0.4, -0.2) is 34.1 Å². The minimum Gasteiger partial charge on any atom is -0.476 e. The Morgan fingerprint density at radius 1 is 1.12 bits per heavy atom. The van der Waals surface area contributed by atoms with Gasteiger partial charge in [-0.2, -0.15) is 4.98 Å². The summed E-state index contributed by atoms with van der Waals surface area (Å²) in [5, 5.41) is 0. The Balaban J connectivity index is 2.32. The number of carbonyl (C=O) groups is 1. The van der Waals surface area contributed by atoms with Gasteiger partial charge in [-0.1, -0.05) is 30.3 Å². The molecule has 3 rings (SSSR count). The number of hydrogen-bond donors (Lipinski definition) is 1. The number of aryl methyl sites for hydroxylation is 1. The van der Waals surface area contributed by atoms with Gasteiger partial charge in [0.15, 0.2) is 0 Å². The van der Waals surface area contributed by atoms with Crippen molar-refractivity contribution in [2.24, 2.45) is 0 Å². The number of hydrogen-bond acceptors (Lipinski definition) is 5. The van der Waals surface area contributed by atoms with E-state index >= 15 is 0 Å². The molecule has 2 aromatic heterocycles. The number of esters is 1. The van der Waals surface area contributed by atoms with E-state index in [4.69, 9.17) is 9.47 Å². The quantitative estimate of drug-likeness (QED) is 0.726. The molecule has 0 spiro atoms. The van der Waals surface area contributed by atoms with E-state index in [1.165, 1.54) is 0 Å². The minimum atomic E-state index is -0.414. The normalized spacial score (nSPS) is 10.8. The van der Waals surface area contributed by atoms with Gasteiger partial charge >= 0.3 is 5.97 Å². The summed E-state index contributed by atoms with van der Waals surface area (Å²) in [5.74, 6) is 0.561. The second kappa shape index (κ2) is 6.70. The number of aromatic amines is 1. The number of H-pyrrole nitrogens is 1. The first-order valence-electron chi connectivity index (χ1n) is 7.91. The summed E-state index contributed by atoms with van der Waals surface area (Å²) < 4.78 is 10.8. The lowest BCUT2D eigenvalue weighted by Crippen LogP contribution is -2.06. The summed E-state index contributed by atoms with van der Waals surface area (Å²) >= 11 is 0. The Labute approximate surface area is 139 Å². The highest BCUT2D eigenvalue weighted by Crippen LogP contribution is 2.33. The van der Waals surface area contributed by atoms with Crippen molar-refractivity contribution in [2.45, 2.75) is 20.8 Å². The van der Waals surface area contributed by atoms with E-state index < -0.39 is 5.97 Å². The van der Waals surface area contributed by atoms with Crippen molar-refractivity contribution in [1.82, 2.24) is 15.0 Å². The first-order chi connectivity index (χ1) is 11.7. The molecule has 0 fully saturated rings. The zero-order valence-electron chi connectivity index (χ0n) is 13.9. The molecule has 0 amide bonds. The van der Waals surface area contributed by atoms with Gasteiger partial charge in [-0.05, 0) is 26.3 Å². The fourth-order valence-corrected chi connectivity index (χ4v) is 2.61. The Hall–Kier alpha value is -2.89. The molecule has 1 aromatic carbocycles. The SMILES string of the molecule is CCOC(=O)c1c(-c2ccccc2)[nH]c2c(OCC)nc(C)nc12. The Morgan fingerprint density at radius 2 is 1.88 bits per heavy atom. The molecular weight excluding hydrogens is 306 g/mol. The second-order valence-electron chi connectivity index (χ2n) is 5.19. The third-order valence-corrected chi connectivity index (χ3v) is 3.55. The predicted molar refractivity (Wildman–Crippen MR) is 91.2 cm³/mol. The number of ether oxygens (including phenoxy) is 2. The van der Waals surface area contributed by atoms with E-state index in [9.17, 15) is 4.79 Å². The molecule has 1 N–H and O–H groups in total. The highest BCUT2D eigenvalue weighted by Gasteiger charge is 2.24. The molecular formula is C18H19N3O3. The molecule has 3 aromatic rings. The minimum absolute atomic E-state index is 0.294. The Morgan fingerprint density at radius 3 is 2.54 bits per heavy atom. The van der Waals surface area contributed by atoms with E-state index in [-0.39, 0.29) is 0 Å². The van der Waals surface area contributed by atoms with Crippen molar-refractivity contribution in [1.29, 1.82) is 0 Å². The molecule has 0 unspecified atom stereocenters. The van der Waals surface area contributed by atoms with Gasteiger partial charge in [-0.15, -0.1) is 0 Å². The number of benzene rings is 1. The molecule has 0 saturated heterocycles. The van der Waals surface area contributed by atoms with E-state index in [1.807, 2.05) is 37.3 Å². The van der Waals surface area contributed by atoms with Gasteiger partial charge in [0, 0.05) is 0 Å². The molecule has 0 saturated carbocycles. The summed E-state index contributed by atoms with van der Waals surface area (Å²) in [7, 11) is 0. The molecule has 0 bridgehead atoms. The third-order valence-electron chi connectivity index (χ3n) is 3.55. The summed E-state index contributed by atoms with van der Waals surface area (Å²) in [6.45, 7) is 6.20. The van der Waals surface area contributed by atoms with Crippen molar-refractivity contribution in [3.8, 4) is 17.1 Å². The van der Waals surface area contributed by atoms with Crippen molar-refractivity contribution >= 4 is 17.0 Å². The first-order valence-corrected chi connectivity index (χ1v) is 7.91. The number of rotatable bonds is 5. The number of nitrogens with zero attached hydrogens (tertiary/aromatic N) is 2. The molecule has 0 aliphatic carbocycles.